The predicted octanol–water partition coefficient (Wildman–Crippen LogP) is 3.99. The number of hydrogen-bond acceptors (Lipinski definition) is 6. The largest absolute Gasteiger partial charge is 0.485 e. The fraction of sp³-hybridized carbons (Fsp3) is 0.357. The summed E-state index contributed by atoms with van der Waals surface area (Å²) >= 11 is 0. The third-order valence-electron chi connectivity index (χ3n) is 6.85. The second-order valence-electron chi connectivity index (χ2n) is 9.42. The molecule has 7 nitrogen and oxygen atoms in total. The van der Waals surface area contributed by atoms with E-state index in [4.69, 9.17) is 9.47 Å². The third-order valence-corrected chi connectivity index (χ3v) is 8.82. The molecule has 3 aromatic carbocycles. The van der Waals surface area contributed by atoms with Crippen molar-refractivity contribution in [2.24, 2.45) is 0 Å². The molecule has 0 aromatic heterocycles. The van der Waals surface area contributed by atoms with Crippen molar-refractivity contribution in [1.29, 1.82) is 0 Å². The Balaban J connectivity index is 1.45. The van der Waals surface area contributed by atoms with E-state index in [1.807, 2.05) is 67.6 Å². The molecule has 2 aliphatic heterocycles. The normalized spacial score (nSPS) is 22.4. The van der Waals surface area contributed by atoms with E-state index in [9.17, 15) is 13.5 Å². The fourth-order valence-electron chi connectivity index (χ4n) is 4.85. The van der Waals surface area contributed by atoms with Crippen molar-refractivity contribution in [3.63, 3.8) is 0 Å². The van der Waals surface area contributed by atoms with Gasteiger partial charge in [0.05, 0.1) is 25.9 Å². The molecule has 0 spiro atoms. The minimum absolute atomic E-state index is 0.152. The Labute approximate surface area is 212 Å². The van der Waals surface area contributed by atoms with Crippen molar-refractivity contribution in [2.75, 3.05) is 31.1 Å². The van der Waals surface area contributed by atoms with Gasteiger partial charge in [-0.3, -0.25) is 0 Å². The molecule has 0 aliphatic carbocycles. The number of nitrogens with zero attached hydrogens (tertiary/aromatic N) is 2. The zero-order valence-electron chi connectivity index (χ0n) is 20.4. The van der Waals surface area contributed by atoms with Gasteiger partial charge in [0.1, 0.15) is 16.7 Å². The van der Waals surface area contributed by atoms with E-state index >= 15 is 0 Å². The average molecular weight is 509 g/mol. The van der Waals surface area contributed by atoms with Gasteiger partial charge in [-0.2, -0.15) is 4.31 Å². The zero-order valence-corrected chi connectivity index (χ0v) is 21.2. The lowest BCUT2D eigenvalue weighted by molar-refractivity contribution is 0.0313. The minimum Gasteiger partial charge on any atom is -0.485 e. The first-order chi connectivity index (χ1) is 17.4. The molecule has 36 heavy (non-hydrogen) atoms. The highest BCUT2D eigenvalue weighted by molar-refractivity contribution is 7.89. The Kier molecular flexibility index (Phi) is 7.29. The van der Waals surface area contributed by atoms with Crippen molar-refractivity contribution in [3.05, 3.63) is 90.0 Å². The van der Waals surface area contributed by atoms with E-state index in [1.54, 1.807) is 18.2 Å². The molecule has 2 aliphatic rings. The highest BCUT2D eigenvalue weighted by atomic mass is 32.2. The second kappa shape index (κ2) is 10.6. The molecular formula is C28H32N2O5S. The fourth-order valence-corrected chi connectivity index (χ4v) is 6.60. The lowest BCUT2D eigenvalue weighted by Gasteiger charge is -2.29. The molecule has 0 bridgehead atoms. The molecule has 3 aromatic rings. The molecule has 8 heteroatoms. The average Bonchev–Trinajstić information content (AvgIpc) is 3.29. The van der Waals surface area contributed by atoms with Gasteiger partial charge in [-0.05, 0) is 36.6 Å². The number of fused-ring (bicyclic) bond motifs is 1. The van der Waals surface area contributed by atoms with Crippen LogP contribution in [-0.4, -0.2) is 56.3 Å². The van der Waals surface area contributed by atoms with E-state index in [0.717, 1.165) is 16.8 Å². The number of rotatable bonds is 7. The Morgan fingerprint density at radius 1 is 1.03 bits per heavy atom. The second-order valence-corrected chi connectivity index (χ2v) is 11.3. The monoisotopic (exact) mass is 508 g/mol. The molecule has 2 heterocycles. The molecule has 3 atom stereocenters. The summed E-state index contributed by atoms with van der Waals surface area (Å²) in [5.74, 6) is 0.324. The minimum atomic E-state index is -3.84. The Morgan fingerprint density at radius 3 is 2.44 bits per heavy atom. The van der Waals surface area contributed by atoms with Gasteiger partial charge in [-0.15, -0.1) is 0 Å². The highest BCUT2D eigenvalue weighted by Gasteiger charge is 2.38. The number of sulfonamides is 1. The van der Waals surface area contributed by atoms with Crippen molar-refractivity contribution in [2.45, 2.75) is 43.1 Å². The van der Waals surface area contributed by atoms with Crippen molar-refractivity contribution in [1.82, 2.24) is 4.31 Å². The van der Waals surface area contributed by atoms with Crippen LogP contribution in [0, 0.1) is 0 Å². The predicted molar refractivity (Wildman–Crippen MR) is 139 cm³/mol. The number of β-amino-alcohol motifs (C(OH)–C–C–N with tert-alkyl or cyclic N) is 1. The number of aliphatic hydroxyl groups is 1. The summed E-state index contributed by atoms with van der Waals surface area (Å²) in [7, 11) is -3.84. The van der Waals surface area contributed by atoms with Gasteiger partial charge in [0.2, 0.25) is 10.0 Å². The first-order valence-corrected chi connectivity index (χ1v) is 13.8. The summed E-state index contributed by atoms with van der Waals surface area (Å²) in [5.41, 5.74) is 2.80. The molecule has 1 fully saturated rings. The van der Waals surface area contributed by atoms with Crippen LogP contribution in [0.5, 0.6) is 5.75 Å². The smallest absolute Gasteiger partial charge is 0.247 e. The van der Waals surface area contributed by atoms with Gasteiger partial charge in [-0.1, -0.05) is 60.7 Å². The van der Waals surface area contributed by atoms with Crippen LogP contribution in [0.1, 0.15) is 30.5 Å². The number of benzene rings is 3. The molecule has 190 valence electrons. The quantitative estimate of drug-likeness (QED) is 0.520. The Morgan fingerprint density at radius 2 is 1.75 bits per heavy atom. The molecule has 1 N–H and O–H groups in total. The summed E-state index contributed by atoms with van der Waals surface area (Å²) in [6.07, 6.45) is -0.181. The van der Waals surface area contributed by atoms with Crippen LogP contribution >= 0.6 is 0 Å². The van der Waals surface area contributed by atoms with Crippen LogP contribution in [-0.2, 0) is 21.4 Å². The number of aliphatic hydroxyl groups excluding tert-OH is 1. The van der Waals surface area contributed by atoms with E-state index in [2.05, 4.69) is 4.90 Å². The van der Waals surface area contributed by atoms with Gasteiger partial charge >= 0.3 is 0 Å². The summed E-state index contributed by atoms with van der Waals surface area (Å²) in [4.78, 5) is 2.20. The van der Waals surface area contributed by atoms with Crippen LogP contribution < -0.4 is 9.64 Å². The number of anilines is 1. The topological polar surface area (TPSA) is 79.3 Å². The first kappa shape index (κ1) is 24.8. The van der Waals surface area contributed by atoms with Gasteiger partial charge < -0.3 is 19.5 Å². The highest BCUT2D eigenvalue weighted by Crippen LogP contribution is 2.38. The maximum Gasteiger partial charge on any atom is 0.247 e. The van der Waals surface area contributed by atoms with Gasteiger partial charge in [-0.25, -0.2) is 8.42 Å². The van der Waals surface area contributed by atoms with E-state index < -0.39 is 16.1 Å². The third kappa shape index (κ3) is 5.27. The molecular weight excluding hydrogens is 476 g/mol. The van der Waals surface area contributed by atoms with Crippen LogP contribution in [0.15, 0.2) is 83.8 Å². The number of hydrogen-bond donors (Lipinski definition) is 1. The van der Waals surface area contributed by atoms with Crippen LogP contribution in [0.25, 0.3) is 0 Å². The summed E-state index contributed by atoms with van der Waals surface area (Å²) in [6.45, 7) is 3.97. The van der Waals surface area contributed by atoms with Crippen LogP contribution in [0.4, 0.5) is 5.69 Å². The molecule has 0 saturated carbocycles. The first-order valence-electron chi connectivity index (χ1n) is 12.3. The van der Waals surface area contributed by atoms with Crippen molar-refractivity contribution >= 4 is 15.7 Å². The van der Waals surface area contributed by atoms with E-state index in [1.165, 1.54) is 4.31 Å². The molecule has 5 rings (SSSR count). The molecule has 0 unspecified atom stereocenters. The lowest BCUT2D eigenvalue weighted by Crippen LogP contribution is -2.40. The summed E-state index contributed by atoms with van der Waals surface area (Å²) < 4.78 is 41.7. The van der Waals surface area contributed by atoms with Crippen molar-refractivity contribution < 1.29 is 23.0 Å². The van der Waals surface area contributed by atoms with E-state index in [0.29, 0.717) is 31.9 Å². The summed E-state index contributed by atoms with van der Waals surface area (Å²) in [6, 6.07) is 24.3. The number of ether oxygens (including phenoxy) is 2. The van der Waals surface area contributed by atoms with Crippen LogP contribution in [0.3, 0.4) is 0 Å². The SMILES string of the molecule is C[C@H](c1ccccc1)N1C[C@@H](COCc2ccccc2)Oc2cc(N3CC[C@@H](O)C3)ccc2S1(=O)=O. The van der Waals surface area contributed by atoms with E-state index in [-0.39, 0.29) is 30.2 Å². The zero-order chi connectivity index (χ0) is 25.1. The molecule has 1 saturated heterocycles. The van der Waals surface area contributed by atoms with Gasteiger partial charge in [0.15, 0.2) is 0 Å². The van der Waals surface area contributed by atoms with Gasteiger partial charge in [0, 0.05) is 30.9 Å². The lowest BCUT2D eigenvalue weighted by atomic mass is 10.1. The van der Waals surface area contributed by atoms with Crippen LogP contribution in [0.2, 0.25) is 0 Å². The van der Waals surface area contributed by atoms with Crippen molar-refractivity contribution in [3.8, 4) is 5.75 Å². The standard InChI is InChI=1S/C28H32N2O5S/c1-21(23-10-6-3-7-11-23)30-18-26(20-34-19-22-8-4-2-5-9-22)35-27-16-24(29-15-14-25(31)17-29)12-13-28(27)36(30,32)33/h2-13,16,21,25-26,31H,14-15,17-20H2,1H3/t21-,25-,26+/m1/s1. The van der Waals surface area contributed by atoms with Gasteiger partial charge in [0.25, 0.3) is 0 Å². The maximum atomic E-state index is 13.9. The molecule has 0 radical (unpaired) electrons. The Bertz CT molecular complexity index is 1270. The summed E-state index contributed by atoms with van der Waals surface area (Å²) in [5, 5.41) is 9.97. The molecule has 0 amide bonds. The maximum absolute atomic E-state index is 13.9. The Hall–Kier alpha value is -2.91.